The Bertz CT molecular complexity index is 596. The van der Waals surface area contributed by atoms with Gasteiger partial charge in [0.2, 0.25) is 0 Å². The highest BCUT2D eigenvalue weighted by Crippen LogP contribution is 2.26. The minimum Gasteiger partial charge on any atom is -0.382 e. The summed E-state index contributed by atoms with van der Waals surface area (Å²) in [5, 5.41) is 5.22. The molecule has 1 fully saturated rings. The molecule has 1 aromatic heterocycles. The number of nitrogens with one attached hydrogen (secondary N) is 1. The van der Waals surface area contributed by atoms with Gasteiger partial charge in [0.1, 0.15) is 0 Å². The fourth-order valence-electron chi connectivity index (χ4n) is 1.90. The molecule has 1 aromatic carbocycles. The Morgan fingerprint density at radius 1 is 1.31 bits per heavy atom. The van der Waals surface area contributed by atoms with Crippen LogP contribution >= 0.6 is 0 Å². The number of hydrogen-bond acceptors (Lipinski definition) is 2. The summed E-state index contributed by atoms with van der Waals surface area (Å²) in [5.74, 6) is 0. The predicted molar refractivity (Wildman–Crippen MR) is 65.8 cm³/mol. The van der Waals surface area contributed by atoms with Crippen LogP contribution in [0.3, 0.4) is 0 Å². The van der Waals surface area contributed by atoms with E-state index in [4.69, 9.17) is 0 Å². The Hall–Kier alpha value is -1.77. The SMILES string of the molecule is Cn1ccc2cc(NC3CC3)ccc2c1=O. The highest BCUT2D eigenvalue weighted by molar-refractivity contribution is 5.84. The average Bonchev–Trinajstić information content (AvgIpc) is 3.08. The van der Waals surface area contributed by atoms with Gasteiger partial charge in [0.05, 0.1) is 0 Å². The fraction of sp³-hybridized carbons (Fsp3) is 0.308. The van der Waals surface area contributed by atoms with E-state index in [2.05, 4.69) is 11.4 Å². The molecule has 2 aromatic rings. The molecule has 0 unspecified atom stereocenters. The van der Waals surface area contributed by atoms with Crippen LogP contribution in [0.15, 0.2) is 35.3 Å². The van der Waals surface area contributed by atoms with Gasteiger partial charge in [-0.25, -0.2) is 0 Å². The lowest BCUT2D eigenvalue weighted by Crippen LogP contribution is -2.15. The third-order valence-corrected chi connectivity index (χ3v) is 3.03. The van der Waals surface area contributed by atoms with Gasteiger partial charge in [-0.15, -0.1) is 0 Å². The molecule has 0 amide bonds. The molecule has 3 heteroatoms. The summed E-state index contributed by atoms with van der Waals surface area (Å²) in [7, 11) is 1.78. The lowest BCUT2D eigenvalue weighted by molar-refractivity contribution is 0.873. The number of benzene rings is 1. The Morgan fingerprint density at radius 3 is 2.88 bits per heavy atom. The molecule has 82 valence electrons. The maximum absolute atomic E-state index is 11.8. The molecule has 1 aliphatic rings. The van der Waals surface area contributed by atoms with Crippen molar-refractivity contribution in [1.29, 1.82) is 0 Å². The van der Waals surface area contributed by atoms with Gasteiger partial charge in [0.25, 0.3) is 5.56 Å². The van der Waals surface area contributed by atoms with Crippen LogP contribution in [0.2, 0.25) is 0 Å². The van der Waals surface area contributed by atoms with Crippen LogP contribution in [-0.4, -0.2) is 10.6 Å². The van der Waals surface area contributed by atoms with Crippen LogP contribution in [0.25, 0.3) is 10.8 Å². The average molecular weight is 214 g/mol. The van der Waals surface area contributed by atoms with Gasteiger partial charge in [-0.1, -0.05) is 0 Å². The van der Waals surface area contributed by atoms with Crippen LogP contribution < -0.4 is 10.9 Å². The second-order valence-electron chi connectivity index (χ2n) is 4.45. The van der Waals surface area contributed by atoms with Crippen LogP contribution in [0.1, 0.15) is 12.8 Å². The fourth-order valence-corrected chi connectivity index (χ4v) is 1.90. The van der Waals surface area contributed by atoms with Crippen molar-refractivity contribution in [2.45, 2.75) is 18.9 Å². The smallest absolute Gasteiger partial charge is 0.258 e. The van der Waals surface area contributed by atoms with Gasteiger partial charge >= 0.3 is 0 Å². The van der Waals surface area contributed by atoms with E-state index in [1.807, 2.05) is 24.4 Å². The third-order valence-electron chi connectivity index (χ3n) is 3.03. The van der Waals surface area contributed by atoms with Crippen molar-refractivity contribution in [3.05, 3.63) is 40.8 Å². The topological polar surface area (TPSA) is 34.0 Å². The molecule has 3 rings (SSSR count). The van der Waals surface area contributed by atoms with Crippen molar-refractivity contribution in [2.75, 3.05) is 5.32 Å². The number of aromatic nitrogens is 1. The Balaban J connectivity index is 2.10. The van der Waals surface area contributed by atoms with E-state index in [0.29, 0.717) is 6.04 Å². The molecule has 16 heavy (non-hydrogen) atoms. The van der Waals surface area contributed by atoms with Crippen molar-refractivity contribution in [2.24, 2.45) is 7.05 Å². The quantitative estimate of drug-likeness (QED) is 0.830. The molecular formula is C13H14N2O. The van der Waals surface area contributed by atoms with E-state index in [0.717, 1.165) is 16.5 Å². The predicted octanol–water partition coefficient (Wildman–Crippen LogP) is 2.11. The van der Waals surface area contributed by atoms with Gasteiger partial charge in [0, 0.05) is 30.4 Å². The zero-order valence-corrected chi connectivity index (χ0v) is 9.23. The molecule has 1 N–H and O–H groups in total. The largest absolute Gasteiger partial charge is 0.382 e. The minimum absolute atomic E-state index is 0.0653. The Labute approximate surface area is 93.7 Å². The van der Waals surface area contributed by atoms with Crippen LogP contribution in [0.5, 0.6) is 0 Å². The monoisotopic (exact) mass is 214 g/mol. The highest BCUT2D eigenvalue weighted by Gasteiger charge is 2.20. The summed E-state index contributed by atoms with van der Waals surface area (Å²) in [6, 6.07) is 8.57. The number of anilines is 1. The summed E-state index contributed by atoms with van der Waals surface area (Å²) in [5.41, 5.74) is 1.18. The first-order valence-electron chi connectivity index (χ1n) is 5.60. The second kappa shape index (κ2) is 3.37. The van der Waals surface area contributed by atoms with Crippen molar-refractivity contribution in [3.8, 4) is 0 Å². The van der Waals surface area contributed by atoms with Crippen LogP contribution in [0, 0.1) is 0 Å². The van der Waals surface area contributed by atoms with Crippen molar-refractivity contribution >= 4 is 16.5 Å². The highest BCUT2D eigenvalue weighted by atomic mass is 16.1. The van der Waals surface area contributed by atoms with Crippen molar-refractivity contribution < 1.29 is 0 Å². The number of pyridine rings is 1. The van der Waals surface area contributed by atoms with Gasteiger partial charge in [-0.2, -0.15) is 0 Å². The molecule has 0 atom stereocenters. The zero-order valence-electron chi connectivity index (χ0n) is 9.23. The van der Waals surface area contributed by atoms with Crippen molar-refractivity contribution in [1.82, 2.24) is 4.57 Å². The number of rotatable bonds is 2. The van der Waals surface area contributed by atoms with Crippen LogP contribution in [-0.2, 0) is 7.05 Å². The van der Waals surface area contributed by atoms with Gasteiger partial charge < -0.3 is 9.88 Å². The van der Waals surface area contributed by atoms with Gasteiger partial charge in [-0.3, -0.25) is 4.79 Å². The van der Waals surface area contributed by atoms with Gasteiger partial charge in [-0.05, 0) is 42.5 Å². The molecule has 1 saturated carbocycles. The summed E-state index contributed by atoms with van der Waals surface area (Å²) in [6.45, 7) is 0. The molecular weight excluding hydrogens is 200 g/mol. The van der Waals surface area contributed by atoms with E-state index in [1.165, 1.54) is 12.8 Å². The molecule has 0 saturated heterocycles. The maximum Gasteiger partial charge on any atom is 0.258 e. The lowest BCUT2D eigenvalue weighted by Gasteiger charge is -2.06. The normalized spacial score (nSPS) is 15.3. The minimum atomic E-state index is 0.0653. The van der Waals surface area contributed by atoms with E-state index in [9.17, 15) is 4.79 Å². The maximum atomic E-state index is 11.8. The molecule has 1 aliphatic carbocycles. The van der Waals surface area contributed by atoms with Crippen molar-refractivity contribution in [3.63, 3.8) is 0 Å². The Kier molecular flexibility index (Phi) is 1.99. The van der Waals surface area contributed by atoms with E-state index in [1.54, 1.807) is 11.6 Å². The molecule has 0 aliphatic heterocycles. The van der Waals surface area contributed by atoms with E-state index in [-0.39, 0.29) is 5.56 Å². The third kappa shape index (κ3) is 1.58. The first-order valence-corrected chi connectivity index (χ1v) is 5.60. The van der Waals surface area contributed by atoms with E-state index < -0.39 is 0 Å². The standard InChI is InChI=1S/C13H14N2O/c1-15-7-6-9-8-11(14-10-2-3-10)4-5-12(9)13(15)16/h4-8,10,14H,2-3H2,1H3. The molecule has 0 spiro atoms. The van der Waals surface area contributed by atoms with E-state index >= 15 is 0 Å². The van der Waals surface area contributed by atoms with Gasteiger partial charge in [0.15, 0.2) is 0 Å². The molecule has 0 radical (unpaired) electrons. The zero-order chi connectivity index (χ0) is 11.1. The second-order valence-corrected chi connectivity index (χ2v) is 4.45. The Morgan fingerprint density at radius 2 is 2.12 bits per heavy atom. The van der Waals surface area contributed by atoms with Crippen LogP contribution in [0.4, 0.5) is 5.69 Å². The number of aryl methyl sites for hydroxylation is 1. The number of fused-ring (bicyclic) bond motifs is 1. The number of nitrogens with zero attached hydrogens (tertiary/aromatic N) is 1. The summed E-state index contributed by atoms with van der Waals surface area (Å²) in [4.78, 5) is 11.8. The molecule has 3 nitrogen and oxygen atoms in total. The first kappa shape index (κ1) is 9.46. The first-order chi connectivity index (χ1) is 7.74. The summed E-state index contributed by atoms with van der Waals surface area (Å²) >= 11 is 0. The lowest BCUT2D eigenvalue weighted by atomic mass is 10.1. The molecule has 1 heterocycles. The number of hydrogen-bond donors (Lipinski definition) is 1. The summed E-state index contributed by atoms with van der Waals surface area (Å²) in [6.07, 6.45) is 4.33. The molecule has 0 bridgehead atoms. The summed E-state index contributed by atoms with van der Waals surface area (Å²) < 4.78 is 1.61.